The Morgan fingerprint density at radius 2 is 1.95 bits per heavy atom. The highest BCUT2D eigenvalue weighted by molar-refractivity contribution is 5.94. The maximum absolute atomic E-state index is 12.2. The van der Waals surface area contributed by atoms with Gasteiger partial charge in [-0.1, -0.05) is 6.92 Å². The van der Waals surface area contributed by atoms with Gasteiger partial charge in [0.25, 0.3) is 11.5 Å². The van der Waals surface area contributed by atoms with E-state index in [1.807, 2.05) is 11.9 Å². The monoisotopic (exact) mass is 283 g/mol. The van der Waals surface area contributed by atoms with Gasteiger partial charge < -0.3 is 14.6 Å². The molecule has 0 saturated heterocycles. The van der Waals surface area contributed by atoms with E-state index in [4.69, 9.17) is 4.74 Å². The van der Waals surface area contributed by atoms with Crippen molar-refractivity contribution < 1.29 is 14.3 Å². The minimum atomic E-state index is -0.770. The van der Waals surface area contributed by atoms with E-state index >= 15 is 0 Å². The van der Waals surface area contributed by atoms with Crippen LogP contribution in [0.25, 0.3) is 0 Å². The van der Waals surface area contributed by atoms with Crippen LogP contribution >= 0.6 is 0 Å². The summed E-state index contributed by atoms with van der Waals surface area (Å²) in [5.74, 6) is -1.13. The van der Waals surface area contributed by atoms with Gasteiger partial charge in [0.05, 0.1) is 6.61 Å². The smallest absolute Gasteiger partial charge is 0.326 e. The van der Waals surface area contributed by atoms with Crippen molar-refractivity contribution in [2.45, 2.75) is 20.3 Å². The molecule has 0 aliphatic heterocycles. The van der Waals surface area contributed by atoms with Crippen LogP contribution in [0.2, 0.25) is 0 Å². The SMILES string of the molecule is CCCN(CC(=O)OCC)C(=O)c1cc(=O)[nH]c(=O)[nH]1. The van der Waals surface area contributed by atoms with Gasteiger partial charge in [-0.3, -0.25) is 19.4 Å². The Labute approximate surface area is 114 Å². The molecule has 0 unspecified atom stereocenters. The van der Waals surface area contributed by atoms with Gasteiger partial charge in [0.15, 0.2) is 0 Å². The average molecular weight is 283 g/mol. The van der Waals surface area contributed by atoms with Gasteiger partial charge in [-0.25, -0.2) is 4.79 Å². The Hall–Kier alpha value is -2.38. The fraction of sp³-hybridized carbons (Fsp3) is 0.500. The van der Waals surface area contributed by atoms with Gasteiger partial charge in [0, 0.05) is 12.6 Å². The molecule has 0 saturated carbocycles. The molecule has 2 N–H and O–H groups in total. The molecular formula is C12H17N3O5. The first-order valence-corrected chi connectivity index (χ1v) is 6.26. The quantitative estimate of drug-likeness (QED) is 0.682. The number of amides is 1. The number of aromatic nitrogens is 2. The lowest BCUT2D eigenvalue weighted by atomic mass is 10.3. The highest BCUT2D eigenvalue weighted by atomic mass is 16.5. The summed E-state index contributed by atoms with van der Waals surface area (Å²) >= 11 is 0. The minimum Gasteiger partial charge on any atom is -0.465 e. The lowest BCUT2D eigenvalue weighted by molar-refractivity contribution is -0.143. The van der Waals surface area contributed by atoms with Crippen LogP contribution in [-0.2, 0) is 9.53 Å². The van der Waals surface area contributed by atoms with E-state index in [0.29, 0.717) is 13.0 Å². The van der Waals surface area contributed by atoms with Gasteiger partial charge in [-0.15, -0.1) is 0 Å². The summed E-state index contributed by atoms with van der Waals surface area (Å²) in [4.78, 5) is 51.4. The molecular weight excluding hydrogens is 266 g/mol. The van der Waals surface area contributed by atoms with E-state index < -0.39 is 23.1 Å². The standard InChI is InChI=1S/C12H17N3O5/c1-3-5-15(7-10(17)20-4-2)11(18)8-6-9(16)14-12(19)13-8/h6H,3-5,7H2,1-2H3,(H2,13,14,16,19). The maximum Gasteiger partial charge on any atom is 0.326 e. The maximum atomic E-state index is 12.2. The molecule has 8 heteroatoms. The molecule has 0 fully saturated rings. The number of esters is 1. The summed E-state index contributed by atoms with van der Waals surface area (Å²) < 4.78 is 4.78. The van der Waals surface area contributed by atoms with E-state index in [2.05, 4.69) is 4.98 Å². The van der Waals surface area contributed by atoms with Crippen molar-refractivity contribution in [2.24, 2.45) is 0 Å². The highest BCUT2D eigenvalue weighted by Crippen LogP contribution is 2.00. The van der Waals surface area contributed by atoms with Gasteiger partial charge in [-0.2, -0.15) is 0 Å². The molecule has 0 radical (unpaired) electrons. The zero-order chi connectivity index (χ0) is 15.1. The van der Waals surface area contributed by atoms with E-state index in [-0.39, 0.29) is 18.8 Å². The second-order valence-electron chi connectivity index (χ2n) is 4.03. The van der Waals surface area contributed by atoms with Gasteiger partial charge in [0.1, 0.15) is 12.2 Å². The van der Waals surface area contributed by atoms with Crippen molar-refractivity contribution in [3.05, 3.63) is 32.6 Å². The number of aromatic amines is 2. The summed E-state index contributed by atoms with van der Waals surface area (Å²) in [6, 6.07) is 0.984. The summed E-state index contributed by atoms with van der Waals surface area (Å²) in [7, 11) is 0. The predicted octanol–water partition coefficient (Wildman–Crippen LogP) is -0.521. The first-order chi connectivity index (χ1) is 9.47. The van der Waals surface area contributed by atoms with Crippen molar-refractivity contribution >= 4 is 11.9 Å². The highest BCUT2D eigenvalue weighted by Gasteiger charge is 2.20. The van der Waals surface area contributed by atoms with Crippen LogP contribution in [-0.4, -0.2) is 46.4 Å². The van der Waals surface area contributed by atoms with Gasteiger partial charge in [0.2, 0.25) is 0 Å². The lowest BCUT2D eigenvalue weighted by Gasteiger charge is -2.20. The Morgan fingerprint density at radius 3 is 2.50 bits per heavy atom. The molecule has 0 atom stereocenters. The third-order valence-electron chi connectivity index (χ3n) is 2.40. The van der Waals surface area contributed by atoms with Crippen LogP contribution in [0.3, 0.4) is 0 Å². The fourth-order valence-corrected chi connectivity index (χ4v) is 1.64. The Kier molecular flexibility index (Phi) is 5.70. The molecule has 0 bridgehead atoms. The van der Waals surface area contributed by atoms with Gasteiger partial charge >= 0.3 is 11.7 Å². The molecule has 0 aliphatic carbocycles. The third kappa shape index (κ3) is 4.38. The topological polar surface area (TPSA) is 112 Å². The number of ether oxygens (including phenoxy) is 1. The third-order valence-corrected chi connectivity index (χ3v) is 2.40. The Morgan fingerprint density at radius 1 is 1.25 bits per heavy atom. The van der Waals surface area contributed by atoms with Crippen molar-refractivity contribution in [1.29, 1.82) is 0 Å². The minimum absolute atomic E-state index is 0.156. The molecule has 1 amide bonds. The first-order valence-electron chi connectivity index (χ1n) is 6.26. The number of carbonyl (C=O) groups excluding carboxylic acids is 2. The molecule has 0 aromatic carbocycles. The fourth-order valence-electron chi connectivity index (χ4n) is 1.64. The van der Waals surface area contributed by atoms with Gasteiger partial charge in [-0.05, 0) is 13.3 Å². The molecule has 20 heavy (non-hydrogen) atoms. The number of nitrogens with zero attached hydrogens (tertiary/aromatic N) is 1. The van der Waals surface area contributed by atoms with Crippen LogP contribution < -0.4 is 11.2 Å². The number of carbonyl (C=O) groups is 2. The largest absolute Gasteiger partial charge is 0.465 e. The Balaban J connectivity index is 2.95. The predicted molar refractivity (Wildman–Crippen MR) is 70.5 cm³/mol. The van der Waals surface area contributed by atoms with Crippen LogP contribution in [0, 0.1) is 0 Å². The van der Waals surface area contributed by atoms with E-state index in [9.17, 15) is 19.2 Å². The summed E-state index contributed by atoms with van der Waals surface area (Å²) in [5.41, 5.74) is -1.60. The molecule has 1 heterocycles. The molecule has 110 valence electrons. The number of H-pyrrole nitrogens is 2. The van der Waals surface area contributed by atoms with Crippen molar-refractivity contribution in [1.82, 2.24) is 14.9 Å². The van der Waals surface area contributed by atoms with Crippen LogP contribution in [0.15, 0.2) is 15.7 Å². The average Bonchev–Trinajstić information content (AvgIpc) is 2.36. The zero-order valence-electron chi connectivity index (χ0n) is 11.4. The lowest BCUT2D eigenvalue weighted by Crippen LogP contribution is -2.39. The van der Waals surface area contributed by atoms with Crippen LogP contribution in [0.5, 0.6) is 0 Å². The van der Waals surface area contributed by atoms with Crippen molar-refractivity contribution in [3.63, 3.8) is 0 Å². The second kappa shape index (κ2) is 7.27. The number of rotatable bonds is 6. The molecule has 1 aromatic rings. The van der Waals surface area contributed by atoms with Crippen LogP contribution in [0.1, 0.15) is 30.8 Å². The van der Waals surface area contributed by atoms with Crippen molar-refractivity contribution in [3.8, 4) is 0 Å². The molecule has 0 aliphatic rings. The second-order valence-corrected chi connectivity index (χ2v) is 4.03. The van der Waals surface area contributed by atoms with Crippen molar-refractivity contribution in [2.75, 3.05) is 19.7 Å². The van der Waals surface area contributed by atoms with E-state index in [1.165, 1.54) is 4.90 Å². The van der Waals surface area contributed by atoms with E-state index in [1.54, 1.807) is 6.92 Å². The summed E-state index contributed by atoms with van der Waals surface area (Å²) in [5, 5.41) is 0. The van der Waals surface area contributed by atoms with E-state index in [0.717, 1.165) is 6.07 Å². The van der Waals surface area contributed by atoms with Crippen LogP contribution in [0.4, 0.5) is 0 Å². The molecule has 1 rings (SSSR count). The first kappa shape index (κ1) is 15.7. The molecule has 0 spiro atoms. The number of hydrogen-bond acceptors (Lipinski definition) is 5. The normalized spacial score (nSPS) is 10.1. The summed E-state index contributed by atoms with van der Waals surface area (Å²) in [6.07, 6.45) is 0.624. The number of hydrogen-bond donors (Lipinski definition) is 2. The molecule has 8 nitrogen and oxygen atoms in total. The summed E-state index contributed by atoms with van der Waals surface area (Å²) in [6.45, 7) is 3.81. The number of nitrogens with one attached hydrogen (secondary N) is 2. The molecule has 1 aromatic heterocycles. The Bertz CT molecular complexity index is 561. The zero-order valence-corrected chi connectivity index (χ0v) is 11.4.